The molecule has 1 aliphatic rings. The van der Waals surface area contributed by atoms with Crippen LogP contribution < -0.4 is 5.32 Å². The molecule has 0 amide bonds. The lowest BCUT2D eigenvalue weighted by atomic mass is 10.2. The van der Waals surface area contributed by atoms with Crippen molar-refractivity contribution in [2.45, 2.75) is 31.9 Å². The fraction of sp³-hybridized carbons (Fsp3) is 0.643. The predicted octanol–water partition coefficient (Wildman–Crippen LogP) is 3.28. The smallest absolute Gasteiger partial charge is 0.0809 e. The van der Waals surface area contributed by atoms with Gasteiger partial charge in [-0.15, -0.1) is 0 Å². The number of rotatable bonds is 8. The lowest BCUT2D eigenvalue weighted by Gasteiger charge is -2.10. The van der Waals surface area contributed by atoms with E-state index in [1.807, 2.05) is 12.3 Å². The quantitative estimate of drug-likeness (QED) is 0.671. The van der Waals surface area contributed by atoms with E-state index in [4.69, 9.17) is 9.47 Å². The van der Waals surface area contributed by atoms with E-state index >= 15 is 0 Å². The van der Waals surface area contributed by atoms with Crippen molar-refractivity contribution in [3.05, 3.63) is 26.9 Å². The molecular formula is C14H20Br2N2O2. The molecule has 1 N–H and O–H groups in total. The van der Waals surface area contributed by atoms with Crippen LogP contribution in [-0.2, 0) is 16.0 Å². The molecule has 1 atom stereocenters. The Labute approximate surface area is 136 Å². The van der Waals surface area contributed by atoms with Gasteiger partial charge in [0, 0.05) is 34.9 Å². The van der Waals surface area contributed by atoms with Crippen LogP contribution in [0.2, 0.25) is 0 Å². The second kappa shape index (κ2) is 9.10. The maximum Gasteiger partial charge on any atom is 0.0809 e. The third-order valence-corrected chi connectivity index (χ3v) is 4.27. The molecule has 0 radical (unpaired) electrons. The van der Waals surface area contributed by atoms with Gasteiger partial charge in [-0.2, -0.15) is 0 Å². The van der Waals surface area contributed by atoms with Crippen LogP contribution in [0.5, 0.6) is 0 Å². The van der Waals surface area contributed by atoms with Crippen molar-refractivity contribution in [2.24, 2.45) is 0 Å². The summed E-state index contributed by atoms with van der Waals surface area (Å²) in [7, 11) is 0. The van der Waals surface area contributed by atoms with Gasteiger partial charge in [0.1, 0.15) is 0 Å². The fourth-order valence-corrected chi connectivity index (χ4v) is 3.20. The Kier molecular flexibility index (Phi) is 7.44. The van der Waals surface area contributed by atoms with Gasteiger partial charge in [0.05, 0.1) is 18.4 Å². The zero-order chi connectivity index (χ0) is 14.2. The molecule has 0 spiro atoms. The lowest BCUT2D eigenvalue weighted by Crippen LogP contribution is -2.19. The molecule has 1 aliphatic heterocycles. The number of halogens is 2. The first kappa shape index (κ1) is 16.4. The molecule has 1 unspecified atom stereocenters. The third-order valence-electron chi connectivity index (χ3n) is 3.15. The minimum Gasteiger partial charge on any atom is -0.379 e. The van der Waals surface area contributed by atoms with E-state index in [-0.39, 0.29) is 0 Å². The average Bonchev–Trinajstić information content (AvgIpc) is 2.93. The molecule has 0 aromatic carbocycles. The predicted molar refractivity (Wildman–Crippen MR) is 85.8 cm³/mol. The normalized spacial score (nSPS) is 18.6. The van der Waals surface area contributed by atoms with E-state index in [0.29, 0.717) is 6.10 Å². The van der Waals surface area contributed by atoms with Gasteiger partial charge in [-0.05, 0) is 63.7 Å². The summed E-state index contributed by atoms with van der Waals surface area (Å²) in [6, 6.07) is 2.01. The van der Waals surface area contributed by atoms with Gasteiger partial charge in [-0.3, -0.25) is 4.98 Å². The molecule has 2 rings (SSSR count). The lowest BCUT2D eigenvalue weighted by molar-refractivity contribution is 0.0166. The second-order valence-corrected chi connectivity index (χ2v) is 6.59. The molecule has 4 nitrogen and oxygen atoms in total. The monoisotopic (exact) mass is 406 g/mol. The van der Waals surface area contributed by atoms with Crippen molar-refractivity contribution in [3.8, 4) is 0 Å². The Morgan fingerprint density at radius 3 is 3.10 bits per heavy atom. The van der Waals surface area contributed by atoms with Crippen LogP contribution in [0.4, 0.5) is 0 Å². The van der Waals surface area contributed by atoms with Crippen molar-refractivity contribution in [3.63, 3.8) is 0 Å². The first-order chi connectivity index (χ1) is 9.75. The molecular weight excluding hydrogens is 388 g/mol. The molecule has 112 valence electrons. The Hall–Kier alpha value is -0.0100. The highest BCUT2D eigenvalue weighted by Crippen LogP contribution is 2.19. The highest BCUT2D eigenvalue weighted by atomic mass is 79.9. The zero-order valence-corrected chi connectivity index (χ0v) is 14.6. The summed E-state index contributed by atoms with van der Waals surface area (Å²) in [5.74, 6) is 0. The van der Waals surface area contributed by atoms with Gasteiger partial charge in [-0.25, -0.2) is 0 Å². The standard InChI is InChI=1S/C14H20Br2N2O2/c15-11-7-13(16)14(18-8-11)9-17-4-2-5-19-10-12-3-1-6-20-12/h7-8,12,17H,1-6,9-10H2. The van der Waals surface area contributed by atoms with Crippen LogP contribution in [0.3, 0.4) is 0 Å². The first-order valence-corrected chi connectivity index (χ1v) is 8.54. The summed E-state index contributed by atoms with van der Waals surface area (Å²) in [5.41, 5.74) is 1.02. The number of nitrogens with one attached hydrogen (secondary N) is 1. The van der Waals surface area contributed by atoms with Crippen molar-refractivity contribution in [1.29, 1.82) is 0 Å². The van der Waals surface area contributed by atoms with Crippen LogP contribution in [-0.4, -0.2) is 37.5 Å². The third kappa shape index (κ3) is 5.77. The Morgan fingerprint density at radius 1 is 1.45 bits per heavy atom. The molecule has 0 bridgehead atoms. The number of nitrogens with zero attached hydrogens (tertiary/aromatic N) is 1. The number of ether oxygens (including phenoxy) is 2. The summed E-state index contributed by atoms with van der Waals surface area (Å²) in [6.07, 6.45) is 5.45. The Morgan fingerprint density at radius 2 is 2.35 bits per heavy atom. The molecule has 0 aliphatic carbocycles. The largest absolute Gasteiger partial charge is 0.379 e. The Bertz CT molecular complexity index is 412. The van der Waals surface area contributed by atoms with Crippen molar-refractivity contribution in [2.75, 3.05) is 26.4 Å². The van der Waals surface area contributed by atoms with Gasteiger partial charge in [-0.1, -0.05) is 0 Å². The highest BCUT2D eigenvalue weighted by molar-refractivity contribution is 9.11. The topological polar surface area (TPSA) is 43.4 Å². The number of aromatic nitrogens is 1. The first-order valence-electron chi connectivity index (χ1n) is 6.95. The van der Waals surface area contributed by atoms with Crippen molar-refractivity contribution in [1.82, 2.24) is 10.3 Å². The SMILES string of the molecule is Brc1cnc(CNCCCOCC2CCCO2)c(Br)c1. The number of hydrogen-bond donors (Lipinski definition) is 1. The minimum absolute atomic E-state index is 0.325. The summed E-state index contributed by atoms with van der Waals surface area (Å²) in [4.78, 5) is 4.36. The number of hydrogen-bond acceptors (Lipinski definition) is 4. The van der Waals surface area contributed by atoms with E-state index in [0.717, 1.165) is 60.4 Å². The molecule has 20 heavy (non-hydrogen) atoms. The Balaban J connectivity index is 1.50. The molecule has 2 heterocycles. The van der Waals surface area contributed by atoms with Crippen LogP contribution >= 0.6 is 31.9 Å². The maximum absolute atomic E-state index is 5.61. The van der Waals surface area contributed by atoms with Gasteiger partial charge in [0.15, 0.2) is 0 Å². The molecule has 6 heteroatoms. The van der Waals surface area contributed by atoms with E-state index < -0.39 is 0 Å². The van der Waals surface area contributed by atoms with Crippen LogP contribution in [0.15, 0.2) is 21.2 Å². The zero-order valence-electron chi connectivity index (χ0n) is 11.4. The summed E-state index contributed by atoms with van der Waals surface area (Å²) in [5, 5.41) is 3.37. The molecule has 1 saturated heterocycles. The van der Waals surface area contributed by atoms with Gasteiger partial charge in [0.25, 0.3) is 0 Å². The minimum atomic E-state index is 0.325. The fourth-order valence-electron chi connectivity index (χ4n) is 2.07. The van der Waals surface area contributed by atoms with Crippen molar-refractivity contribution < 1.29 is 9.47 Å². The van der Waals surface area contributed by atoms with Gasteiger partial charge in [0.2, 0.25) is 0 Å². The van der Waals surface area contributed by atoms with Gasteiger partial charge >= 0.3 is 0 Å². The molecule has 1 aromatic heterocycles. The molecule has 0 saturated carbocycles. The van der Waals surface area contributed by atoms with Gasteiger partial charge < -0.3 is 14.8 Å². The van der Waals surface area contributed by atoms with Crippen LogP contribution in [0.25, 0.3) is 0 Å². The van der Waals surface area contributed by atoms with E-state index in [9.17, 15) is 0 Å². The van der Waals surface area contributed by atoms with Crippen molar-refractivity contribution >= 4 is 31.9 Å². The molecule has 1 aromatic rings. The summed E-state index contributed by atoms with van der Waals surface area (Å²) in [6.45, 7) is 4.10. The summed E-state index contributed by atoms with van der Waals surface area (Å²) >= 11 is 6.90. The highest BCUT2D eigenvalue weighted by Gasteiger charge is 2.14. The summed E-state index contributed by atoms with van der Waals surface area (Å²) < 4.78 is 13.1. The number of pyridine rings is 1. The van der Waals surface area contributed by atoms with E-state index in [1.165, 1.54) is 6.42 Å². The van der Waals surface area contributed by atoms with E-state index in [1.54, 1.807) is 0 Å². The maximum atomic E-state index is 5.61. The van der Waals surface area contributed by atoms with E-state index in [2.05, 4.69) is 42.2 Å². The van der Waals surface area contributed by atoms with Crippen LogP contribution in [0, 0.1) is 0 Å². The second-order valence-electron chi connectivity index (χ2n) is 4.82. The van der Waals surface area contributed by atoms with Crippen LogP contribution in [0.1, 0.15) is 25.0 Å². The average molecular weight is 408 g/mol. The molecule has 1 fully saturated rings.